The van der Waals surface area contributed by atoms with Crippen LogP contribution in [0.2, 0.25) is 0 Å². The number of carbonyl (C=O) groups excluding carboxylic acids is 1. The summed E-state index contributed by atoms with van der Waals surface area (Å²) in [4.78, 5) is 17.0. The summed E-state index contributed by atoms with van der Waals surface area (Å²) in [6, 6.07) is 9.84. The van der Waals surface area contributed by atoms with Crippen LogP contribution in [0, 0.1) is 5.82 Å². The van der Waals surface area contributed by atoms with Crippen molar-refractivity contribution in [2.45, 2.75) is 24.3 Å². The maximum Gasteiger partial charge on any atom is 0.276 e. The highest BCUT2D eigenvalue weighted by Gasteiger charge is 2.27. The van der Waals surface area contributed by atoms with Crippen LogP contribution in [0.15, 0.2) is 47.6 Å². The molecule has 0 aliphatic heterocycles. The second-order valence-electron chi connectivity index (χ2n) is 6.06. The lowest BCUT2D eigenvalue weighted by Gasteiger charge is -2.06. The third-order valence-corrected chi connectivity index (χ3v) is 5.08. The molecule has 5 nitrogen and oxygen atoms in total. The molecule has 0 unspecified atom stereocenters. The quantitative estimate of drug-likeness (QED) is 0.710. The SMILES string of the molecule is CSc1ccc(NC(=O)c2nn(-c3ccc(F)cc3)c3c2CCC3)cn1. The first-order chi connectivity index (χ1) is 12.7. The number of anilines is 1. The lowest BCUT2D eigenvalue weighted by molar-refractivity contribution is 0.102. The molecule has 7 heteroatoms. The zero-order valence-corrected chi connectivity index (χ0v) is 15.0. The summed E-state index contributed by atoms with van der Waals surface area (Å²) in [5.74, 6) is -0.542. The summed E-state index contributed by atoms with van der Waals surface area (Å²) in [5, 5.41) is 8.28. The monoisotopic (exact) mass is 368 g/mol. The summed E-state index contributed by atoms with van der Waals surface area (Å²) in [6.45, 7) is 0. The molecule has 0 saturated heterocycles. The Bertz CT molecular complexity index is 951. The first-order valence-electron chi connectivity index (χ1n) is 8.34. The molecule has 1 amide bonds. The van der Waals surface area contributed by atoms with Crippen molar-refractivity contribution in [3.05, 3.63) is 65.4 Å². The molecule has 1 aromatic carbocycles. The fourth-order valence-corrected chi connectivity index (χ4v) is 3.54. The molecule has 3 aromatic rings. The van der Waals surface area contributed by atoms with Crippen LogP contribution < -0.4 is 5.32 Å². The van der Waals surface area contributed by atoms with Gasteiger partial charge in [-0.3, -0.25) is 4.79 Å². The lowest BCUT2D eigenvalue weighted by Crippen LogP contribution is -2.15. The molecule has 2 aromatic heterocycles. The number of fused-ring (bicyclic) bond motifs is 1. The van der Waals surface area contributed by atoms with Crippen molar-refractivity contribution < 1.29 is 9.18 Å². The molecule has 0 saturated carbocycles. The molecule has 2 heterocycles. The first kappa shape index (κ1) is 16.8. The number of rotatable bonds is 4. The molecular formula is C19H17FN4OS. The van der Waals surface area contributed by atoms with Gasteiger partial charge >= 0.3 is 0 Å². The topological polar surface area (TPSA) is 59.8 Å². The number of pyridine rings is 1. The minimum atomic E-state index is -0.295. The van der Waals surface area contributed by atoms with Crippen molar-refractivity contribution in [3.63, 3.8) is 0 Å². The van der Waals surface area contributed by atoms with E-state index in [2.05, 4.69) is 15.4 Å². The van der Waals surface area contributed by atoms with Crippen molar-refractivity contribution in [1.29, 1.82) is 0 Å². The van der Waals surface area contributed by atoms with Crippen molar-refractivity contribution >= 4 is 23.4 Å². The van der Waals surface area contributed by atoms with E-state index in [1.54, 1.807) is 34.8 Å². The van der Waals surface area contributed by atoms with Crippen molar-refractivity contribution in [3.8, 4) is 5.69 Å². The van der Waals surface area contributed by atoms with Gasteiger partial charge in [0.1, 0.15) is 5.82 Å². The van der Waals surface area contributed by atoms with Crippen LogP contribution in [0.25, 0.3) is 5.69 Å². The van der Waals surface area contributed by atoms with E-state index >= 15 is 0 Å². The van der Waals surface area contributed by atoms with E-state index in [4.69, 9.17) is 0 Å². The van der Waals surface area contributed by atoms with E-state index in [0.717, 1.165) is 41.2 Å². The zero-order valence-electron chi connectivity index (χ0n) is 14.2. The number of halogens is 1. The summed E-state index contributed by atoms with van der Waals surface area (Å²) in [5.41, 5.74) is 3.82. The number of hydrogen-bond donors (Lipinski definition) is 1. The molecule has 1 N–H and O–H groups in total. The van der Waals surface area contributed by atoms with Crippen molar-refractivity contribution in [1.82, 2.24) is 14.8 Å². The van der Waals surface area contributed by atoms with Crippen LogP contribution >= 0.6 is 11.8 Å². The van der Waals surface area contributed by atoms with Crippen molar-refractivity contribution in [2.75, 3.05) is 11.6 Å². The number of amides is 1. The van der Waals surface area contributed by atoms with Gasteiger partial charge in [-0.05, 0) is 61.9 Å². The van der Waals surface area contributed by atoms with Gasteiger partial charge < -0.3 is 5.32 Å². The molecule has 0 radical (unpaired) electrons. The Morgan fingerprint density at radius 1 is 1.19 bits per heavy atom. The maximum absolute atomic E-state index is 13.2. The van der Waals surface area contributed by atoms with Crippen LogP contribution in [0.3, 0.4) is 0 Å². The summed E-state index contributed by atoms with van der Waals surface area (Å²) < 4.78 is 15.0. The highest BCUT2D eigenvalue weighted by molar-refractivity contribution is 7.98. The number of thioether (sulfide) groups is 1. The molecule has 0 fully saturated rings. The number of carbonyl (C=O) groups is 1. The van der Waals surface area contributed by atoms with E-state index in [1.165, 1.54) is 12.1 Å². The van der Waals surface area contributed by atoms with Crippen LogP contribution in [0.4, 0.5) is 10.1 Å². The minimum Gasteiger partial charge on any atom is -0.319 e. The molecule has 26 heavy (non-hydrogen) atoms. The van der Waals surface area contributed by atoms with Gasteiger partial charge in [0.25, 0.3) is 5.91 Å². The largest absolute Gasteiger partial charge is 0.319 e. The molecule has 1 aliphatic carbocycles. The number of nitrogens with one attached hydrogen (secondary N) is 1. The molecule has 1 aliphatic rings. The summed E-state index contributed by atoms with van der Waals surface area (Å²) >= 11 is 1.54. The third-order valence-electron chi connectivity index (χ3n) is 4.42. The molecule has 0 atom stereocenters. The average Bonchev–Trinajstić information content (AvgIpc) is 3.26. The molecular weight excluding hydrogens is 351 g/mol. The van der Waals surface area contributed by atoms with Gasteiger partial charge in [0, 0.05) is 11.3 Å². The summed E-state index contributed by atoms with van der Waals surface area (Å²) in [6.07, 6.45) is 6.26. The number of aromatic nitrogens is 3. The van der Waals surface area contributed by atoms with Gasteiger partial charge in [0.15, 0.2) is 5.69 Å². The second-order valence-corrected chi connectivity index (χ2v) is 6.89. The van der Waals surface area contributed by atoms with E-state index in [-0.39, 0.29) is 11.7 Å². The first-order valence-corrected chi connectivity index (χ1v) is 9.56. The third kappa shape index (κ3) is 3.10. The Morgan fingerprint density at radius 3 is 2.69 bits per heavy atom. The van der Waals surface area contributed by atoms with Gasteiger partial charge in [-0.25, -0.2) is 14.1 Å². The van der Waals surface area contributed by atoms with Crippen LogP contribution in [0.1, 0.15) is 28.2 Å². The summed E-state index contributed by atoms with van der Waals surface area (Å²) in [7, 11) is 0. The van der Waals surface area contributed by atoms with Gasteiger partial charge in [-0.2, -0.15) is 5.10 Å². The average molecular weight is 368 g/mol. The second kappa shape index (κ2) is 6.92. The molecule has 4 rings (SSSR count). The highest BCUT2D eigenvalue weighted by Crippen LogP contribution is 2.28. The van der Waals surface area contributed by atoms with E-state index in [9.17, 15) is 9.18 Å². The van der Waals surface area contributed by atoms with E-state index in [0.29, 0.717) is 11.4 Å². The highest BCUT2D eigenvalue weighted by atomic mass is 32.2. The molecule has 132 valence electrons. The van der Waals surface area contributed by atoms with Crippen molar-refractivity contribution in [2.24, 2.45) is 0 Å². The molecule has 0 bridgehead atoms. The predicted octanol–water partition coefficient (Wildman–Crippen LogP) is 3.87. The fraction of sp³-hybridized carbons (Fsp3) is 0.211. The molecule has 0 spiro atoms. The fourth-order valence-electron chi connectivity index (χ4n) is 3.18. The Morgan fingerprint density at radius 2 is 2.00 bits per heavy atom. The normalized spacial score (nSPS) is 12.8. The Balaban J connectivity index is 1.65. The maximum atomic E-state index is 13.2. The lowest BCUT2D eigenvalue weighted by atomic mass is 10.2. The van der Waals surface area contributed by atoms with Crippen LogP contribution in [0.5, 0.6) is 0 Å². The van der Waals surface area contributed by atoms with Crippen LogP contribution in [-0.2, 0) is 12.8 Å². The zero-order chi connectivity index (χ0) is 18.1. The van der Waals surface area contributed by atoms with Gasteiger partial charge in [0.2, 0.25) is 0 Å². The standard InChI is InChI=1S/C19H17FN4OS/c1-26-17-10-7-13(11-21-17)22-19(25)18-15-3-2-4-16(15)24(23-18)14-8-5-12(20)6-9-14/h5-11H,2-4H2,1H3,(H,22,25). The number of hydrogen-bond acceptors (Lipinski definition) is 4. The predicted molar refractivity (Wildman–Crippen MR) is 99.5 cm³/mol. The Labute approximate surface area is 154 Å². The van der Waals surface area contributed by atoms with Gasteiger partial charge in [0.05, 0.1) is 22.6 Å². The Kier molecular flexibility index (Phi) is 4.46. The number of nitrogens with zero attached hydrogens (tertiary/aromatic N) is 3. The van der Waals surface area contributed by atoms with Gasteiger partial charge in [-0.1, -0.05) is 0 Å². The van der Waals surface area contributed by atoms with Crippen LogP contribution in [-0.4, -0.2) is 26.9 Å². The number of benzene rings is 1. The van der Waals surface area contributed by atoms with E-state index in [1.807, 2.05) is 18.4 Å². The van der Waals surface area contributed by atoms with Gasteiger partial charge in [-0.15, -0.1) is 11.8 Å². The minimum absolute atomic E-state index is 0.247. The van der Waals surface area contributed by atoms with E-state index < -0.39 is 0 Å². The smallest absolute Gasteiger partial charge is 0.276 e. The Hall–Kier alpha value is -2.67.